The Hall–Kier alpha value is -2.93. The van der Waals surface area contributed by atoms with Crippen molar-refractivity contribution in [1.29, 1.82) is 0 Å². The molecule has 4 rings (SSSR count). The third kappa shape index (κ3) is 2.93. The number of H-pyrrole nitrogens is 1. The van der Waals surface area contributed by atoms with Gasteiger partial charge in [0.2, 0.25) is 0 Å². The van der Waals surface area contributed by atoms with Crippen molar-refractivity contribution in [3.8, 4) is 11.4 Å². The van der Waals surface area contributed by atoms with Crippen molar-refractivity contribution in [2.24, 2.45) is 0 Å². The van der Waals surface area contributed by atoms with E-state index in [0.29, 0.717) is 18.9 Å². The molecule has 0 saturated heterocycles. The molecular weight excluding hydrogens is 304 g/mol. The summed E-state index contributed by atoms with van der Waals surface area (Å²) < 4.78 is 0. The SMILES string of the molecule is O=c1[nH]c(-c2cccnc2)nc2c1CN(Cc1cnccn1)CC2. The first-order valence-corrected chi connectivity index (χ1v) is 7.79. The van der Waals surface area contributed by atoms with Crippen LogP contribution < -0.4 is 5.56 Å². The fourth-order valence-electron chi connectivity index (χ4n) is 2.90. The molecule has 0 saturated carbocycles. The average Bonchev–Trinajstić information content (AvgIpc) is 2.64. The van der Waals surface area contributed by atoms with Crippen molar-refractivity contribution in [1.82, 2.24) is 29.8 Å². The second-order valence-electron chi connectivity index (χ2n) is 5.74. The van der Waals surface area contributed by atoms with Crippen LogP contribution in [0.4, 0.5) is 0 Å². The van der Waals surface area contributed by atoms with E-state index in [0.717, 1.165) is 35.5 Å². The van der Waals surface area contributed by atoms with Crippen molar-refractivity contribution in [3.05, 3.63) is 70.4 Å². The monoisotopic (exact) mass is 320 g/mol. The van der Waals surface area contributed by atoms with E-state index < -0.39 is 0 Å². The van der Waals surface area contributed by atoms with E-state index in [9.17, 15) is 4.79 Å². The minimum atomic E-state index is -0.0808. The van der Waals surface area contributed by atoms with Gasteiger partial charge in [-0.3, -0.25) is 24.6 Å². The van der Waals surface area contributed by atoms with Crippen LogP contribution in [0.5, 0.6) is 0 Å². The number of fused-ring (bicyclic) bond motifs is 1. The molecule has 0 aromatic carbocycles. The van der Waals surface area contributed by atoms with Crippen molar-refractivity contribution in [3.63, 3.8) is 0 Å². The summed E-state index contributed by atoms with van der Waals surface area (Å²) in [5, 5.41) is 0. The Morgan fingerprint density at radius 2 is 2.08 bits per heavy atom. The summed E-state index contributed by atoms with van der Waals surface area (Å²) in [7, 11) is 0. The topological polar surface area (TPSA) is 87.7 Å². The minimum absolute atomic E-state index is 0.0808. The van der Waals surface area contributed by atoms with E-state index in [1.807, 2.05) is 12.1 Å². The van der Waals surface area contributed by atoms with Crippen LogP contribution in [0.2, 0.25) is 0 Å². The zero-order valence-electron chi connectivity index (χ0n) is 13.0. The molecule has 24 heavy (non-hydrogen) atoms. The predicted octanol–water partition coefficient (Wildman–Crippen LogP) is 1.18. The van der Waals surface area contributed by atoms with Gasteiger partial charge in [-0.15, -0.1) is 0 Å². The van der Waals surface area contributed by atoms with Crippen LogP contribution in [0, 0.1) is 0 Å². The summed E-state index contributed by atoms with van der Waals surface area (Å²) in [4.78, 5) is 34.6. The number of aromatic nitrogens is 5. The zero-order valence-corrected chi connectivity index (χ0v) is 13.0. The number of aromatic amines is 1. The lowest BCUT2D eigenvalue weighted by atomic mass is 10.1. The molecular formula is C17H16N6O. The minimum Gasteiger partial charge on any atom is -0.306 e. The van der Waals surface area contributed by atoms with Gasteiger partial charge in [-0.1, -0.05) is 0 Å². The van der Waals surface area contributed by atoms with Gasteiger partial charge in [0.25, 0.3) is 5.56 Å². The zero-order chi connectivity index (χ0) is 16.4. The van der Waals surface area contributed by atoms with Crippen LogP contribution in [-0.2, 0) is 19.5 Å². The molecule has 7 heteroatoms. The Balaban J connectivity index is 1.60. The van der Waals surface area contributed by atoms with E-state index in [1.54, 1.807) is 31.0 Å². The molecule has 1 aliphatic rings. The highest BCUT2D eigenvalue weighted by Crippen LogP contribution is 2.18. The third-order valence-corrected chi connectivity index (χ3v) is 4.08. The van der Waals surface area contributed by atoms with Gasteiger partial charge in [0.15, 0.2) is 0 Å². The van der Waals surface area contributed by atoms with Crippen LogP contribution in [0.3, 0.4) is 0 Å². The fourth-order valence-corrected chi connectivity index (χ4v) is 2.90. The number of nitrogens with zero attached hydrogens (tertiary/aromatic N) is 5. The first-order chi connectivity index (χ1) is 11.8. The molecule has 120 valence electrons. The van der Waals surface area contributed by atoms with Crippen molar-refractivity contribution < 1.29 is 0 Å². The highest BCUT2D eigenvalue weighted by atomic mass is 16.1. The smallest absolute Gasteiger partial charge is 0.255 e. The maximum absolute atomic E-state index is 12.5. The molecule has 0 amide bonds. The maximum Gasteiger partial charge on any atom is 0.255 e. The number of nitrogens with one attached hydrogen (secondary N) is 1. The lowest BCUT2D eigenvalue weighted by molar-refractivity contribution is 0.238. The van der Waals surface area contributed by atoms with Gasteiger partial charge in [0.05, 0.1) is 17.0 Å². The van der Waals surface area contributed by atoms with E-state index >= 15 is 0 Å². The molecule has 0 unspecified atom stereocenters. The Kier molecular flexibility index (Phi) is 3.84. The highest BCUT2D eigenvalue weighted by Gasteiger charge is 2.21. The number of hydrogen-bond donors (Lipinski definition) is 1. The number of rotatable bonds is 3. The Bertz CT molecular complexity index is 894. The van der Waals surface area contributed by atoms with Gasteiger partial charge >= 0.3 is 0 Å². The normalized spacial score (nSPS) is 14.3. The molecule has 0 spiro atoms. The van der Waals surface area contributed by atoms with Crippen LogP contribution in [0.25, 0.3) is 11.4 Å². The van der Waals surface area contributed by atoms with Gasteiger partial charge in [-0.2, -0.15) is 0 Å². The summed E-state index contributed by atoms with van der Waals surface area (Å²) in [6.45, 7) is 2.09. The van der Waals surface area contributed by atoms with Crippen LogP contribution in [0.1, 0.15) is 17.0 Å². The second kappa shape index (κ2) is 6.29. The average molecular weight is 320 g/mol. The Labute approximate surface area is 138 Å². The highest BCUT2D eigenvalue weighted by molar-refractivity contribution is 5.53. The van der Waals surface area contributed by atoms with Gasteiger partial charge in [0.1, 0.15) is 5.82 Å². The summed E-state index contributed by atoms with van der Waals surface area (Å²) in [5.74, 6) is 0.578. The summed E-state index contributed by atoms with van der Waals surface area (Å²) in [6.07, 6.45) is 9.24. The molecule has 3 aromatic rings. The van der Waals surface area contributed by atoms with Gasteiger partial charge in [-0.25, -0.2) is 4.98 Å². The van der Waals surface area contributed by atoms with E-state index in [2.05, 4.69) is 29.8 Å². The standard InChI is InChI=1S/C17H16N6O/c24-17-14-11-23(10-13-9-19-5-6-20-13)7-3-15(14)21-16(22-17)12-2-1-4-18-8-12/h1-2,4-6,8-9H,3,7,10-11H2,(H,21,22,24). The van der Waals surface area contributed by atoms with Crippen molar-refractivity contribution >= 4 is 0 Å². The lowest BCUT2D eigenvalue weighted by Crippen LogP contribution is -2.35. The molecule has 3 aromatic heterocycles. The van der Waals surface area contributed by atoms with E-state index in [4.69, 9.17) is 0 Å². The van der Waals surface area contributed by atoms with E-state index in [1.165, 1.54) is 0 Å². The first-order valence-electron chi connectivity index (χ1n) is 7.79. The molecule has 0 radical (unpaired) electrons. The Morgan fingerprint density at radius 3 is 2.88 bits per heavy atom. The van der Waals surface area contributed by atoms with Crippen molar-refractivity contribution in [2.45, 2.75) is 19.5 Å². The molecule has 0 aliphatic carbocycles. The Morgan fingerprint density at radius 1 is 1.17 bits per heavy atom. The predicted molar refractivity (Wildman–Crippen MR) is 87.9 cm³/mol. The van der Waals surface area contributed by atoms with Gasteiger partial charge in [0, 0.05) is 62.6 Å². The van der Waals surface area contributed by atoms with Gasteiger partial charge in [-0.05, 0) is 12.1 Å². The molecule has 1 N–H and O–H groups in total. The lowest BCUT2D eigenvalue weighted by Gasteiger charge is -2.27. The largest absolute Gasteiger partial charge is 0.306 e. The molecule has 7 nitrogen and oxygen atoms in total. The third-order valence-electron chi connectivity index (χ3n) is 4.08. The summed E-state index contributed by atoms with van der Waals surface area (Å²) >= 11 is 0. The van der Waals surface area contributed by atoms with Crippen LogP contribution in [-0.4, -0.2) is 36.4 Å². The second-order valence-corrected chi connectivity index (χ2v) is 5.74. The number of hydrogen-bond acceptors (Lipinski definition) is 6. The molecule has 0 bridgehead atoms. The molecule has 0 atom stereocenters. The van der Waals surface area contributed by atoms with E-state index in [-0.39, 0.29) is 5.56 Å². The summed E-state index contributed by atoms with van der Waals surface area (Å²) in [5.41, 5.74) is 3.24. The van der Waals surface area contributed by atoms with Gasteiger partial charge < -0.3 is 4.98 Å². The maximum atomic E-state index is 12.5. The van der Waals surface area contributed by atoms with Crippen LogP contribution >= 0.6 is 0 Å². The van der Waals surface area contributed by atoms with Crippen molar-refractivity contribution in [2.75, 3.05) is 6.54 Å². The first kappa shape index (κ1) is 14.6. The van der Waals surface area contributed by atoms with Crippen LogP contribution in [0.15, 0.2) is 47.9 Å². The number of pyridine rings is 1. The molecule has 1 aliphatic heterocycles. The molecule has 4 heterocycles. The summed E-state index contributed by atoms with van der Waals surface area (Å²) in [6, 6.07) is 3.72. The fraction of sp³-hybridized carbons (Fsp3) is 0.235. The molecule has 0 fully saturated rings. The quantitative estimate of drug-likeness (QED) is 0.780.